The van der Waals surface area contributed by atoms with Gasteiger partial charge in [-0.1, -0.05) is 12.1 Å². The van der Waals surface area contributed by atoms with E-state index in [0.717, 1.165) is 17.7 Å². The number of carboxylic acid groups (broad SMARTS) is 1. The second-order valence-corrected chi connectivity index (χ2v) is 5.57. The van der Waals surface area contributed by atoms with Crippen molar-refractivity contribution in [3.63, 3.8) is 0 Å². The molecule has 23 heavy (non-hydrogen) atoms. The zero-order valence-electron chi connectivity index (χ0n) is 13.4. The van der Waals surface area contributed by atoms with Gasteiger partial charge in [0.1, 0.15) is 11.8 Å². The van der Waals surface area contributed by atoms with Gasteiger partial charge in [0.15, 0.2) is 0 Å². The molecular weight excluding hydrogens is 320 g/mol. The van der Waals surface area contributed by atoms with Crippen LogP contribution < -0.4 is 4.74 Å². The van der Waals surface area contributed by atoms with Gasteiger partial charge in [-0.15, -0.1) is 12.4 Å². The number of rotatable bonds is 6. The fourth-order valence-electron chi connectivity index (χ4n) is 2.72. The first kappa shape index (κ1) is 19.3. The number of ether oxygens (including phenoxy) is 1. The lowest BCUT2D eigenvalue weighted by atomic mass is 10.2. The summed E-state index contributed by atoms with van der Waals surface area (Å²) in [6, 6.07) is 7.02. The zero-order chi connectivity index (χ0) is 16.1. The van der Waals surface area contributed by atoms with Crippen LogP contribution in [0.3, 0.4) is 0 Å². The van der Waals surface area contributed by atoms with E-state index in [4.69, 9.17) is 9.84 Å². The minimum atomic E-state index is -0.847. The molecule has 0 unspecified atom stereocenters. The van der Waals surface area contributed by atoms with E-state index in [1.807, 2.05) is 24.3 Å². The van der Waals surface area contributed by atoms with Crippen molar-refractivity contribution in [1.82, 2.24) is 9.80 Å². The van der Waals surface area contributed by atoms with E-state index in [9.17, 15) is 9.59 Å². The summed E-state index contributed by atoms with van der Waals surface area (Å²) in [5, 5.41) is 9.15. The summed E-state index contributed by atoms with van der Waals surface area (Å²) in [4.78, 5) is 26.8. The molecule has 0 spiro atoms. The number of carboxylic acids is 1. The van der Waals surface area contributed by atoms with E-state index in [0.29, 0.717) is 19.5 Å². The Morgan fingerprint density at radius 2 is 2.17 bits per heavy atom. The first-order valence-electron chi connectivity index (χ1n) is 7.35. The quantitative estimate of drug-likeness (QED) is 0.850. The molecule has 0 aromatic heterocycles. The number of hydrogen-bond acceptors (Lipinski definition) is 4. The Morgan fingerprint density at radius 1 is 1.43 bits per heavy atom. The van der Waals surface area contributed by atoms with E-state index >= 15 is 0 Å². The number of methoxy groups -OCH3 is 1. The van der Waals surface area contributed by atoms with Crippen LogP contribution >= 0.6 is 12.4 Å². The van der Waals surface area contributed by atoms with Crippen molar-refractivity contribution in [3.05, 3.63) is 29.8 Å². The summed E-state index contributed by atoms with van der Waals surface area (Å²) in [6.07, 6.45) is 1.44. The van der Waals surface area contributed by atoms with Crippen molar-refractivity contribution in [2.75, 3.05) is 27.2 Å². The molecule has 1 N–H and O–H groups in total. The van der Waals surface area contributed by atoms with Crippen LogP contribution in [0.5, 0.6) is 5.75 Å². The molecule has 0 radical (unpaired) electrons. The van der Waals surface area contributed by atoms with Gasteiger partial charge in [-0.25, -0.2) is 0 Å². The van der Waals surface area contributed by atoms with Crippen molar-refractivity contribution >= 4 is 24.3 Å². The number of likely N-dealkylation sites (N-methyl/N-ethyl adjacent to an activating group) is 1. The summed E-state index contributed by atoms with van der Waals surface area (Å²) in [5.41, 5.74) is 0.978. The molecule has 1 fully saturated rings. The number of hydrogen-bond donors (Lipinski definition) is 1. The van der Waals surface area contributed by atoms with Crippen molar-refractivity contribution in [2.24, 2.45) is 0 Å². The first-order valence-corrected chi connectivity index (χ1v) is 7.35. The average Bonchev–Trinajstić information content (AvgIpc) is 2.95. The zero-order valence-corrected chi connectivity index (χ0v) is 14.2. The number of nitrogens with zero attached hydrogens (tertiary/aromatic N) is 2. The lowest BCUT2D eigenvalue weighted by molar-refractivity contribution is -0.143. The number of halogens is 1. The number of benzene rings is 1. The molecule has 7 heteroatoms. The van der Waals surface area contributed by atoms with Crippen LogP contribution in [0.15, 0.2) is 24.3 Å². The number of amides is 1. The molecule has 128 valence electrons. The van der Waals surface area contributed by atoms with Gasteiger partial charge in [0.25, 0.3) is 0 Å². The van der Waals surface area contributed by atoms with Gasteiger partial charge in [0.2, 0.25) is 5.91 Å². The van der Waals surface area contributed by atoms with Gasteiger partial charge in [-0.3, -0.25) is 14.5 Å². The summed E-state index contributed by atoms with van der Waals surface area (Å²) in [7, 11) is 3.33. The van der Waals surface area contributed by atoms with E-state index in [1.165, 1.54) is 0 Å². The van der Waals surface area contributed by atoms with Crippen LogP contribution in [0.4, 0.5) is 0 Å². The molecule has 1 aliphatic heterocycles. The average molecular weight is 343 g/mol. The maximum atomic E-state index is 12.3. The number of carbonyl (C=O) groups excluding carboxylic acids is 1. The van der Waals surface area contributed by atoms with Crippen LogP contribution in [0, 0.1) is 0 Å². The van der Waals surface area contributed by atoms with Crippen molar-refractivity contribution in [3.8, 4) is 5.75 Å². The molecule has 0 bridgehead atoms. The molecule has 6 nitrogen and oxygen atoms in total. The molecular formula is C16H23ClN2O4. The maximum absolute atomic E-state index is 12.3. The minimum Gasteiger partial charge on any atom is -0.497 e. The summed E-state index contributed by atoms with van der Waals surface area (Å²) < 4.78 is 5.17. The molecule has 1 aliphatic rings. The standard InChI is InChI=1S/C16H22N2O4.ClH/c1-17(10-12-5-3-6-13(9-12)22-2)15(19)11-18-8-4-7-14(18)16(20)21;/h3,5-6,9,14H,4,7-8,10-11H2,1-2H3,(H,20,21);1H/t14-;/m0./s1. The highest BCUT2D eigenvalue weighted by Gasteiger charge is 2.32. The minimum absolute atomic E-state index is 0. The number of likely N-dealkylation sites (tertiary alicyclic amines) is 1. The van der Waals surface area contributed by atoms with E-state index in [1.54, 1.807) is 24.0 Å². The molecule has 1 amide bonds. The van der Waals surface area contributed by atoms with Gasteiger partial charge >= 0.3 is 5.97 Å². The maximum Gasteiger partial charge on any atom is 0.320 e. The fourth-order valence-corrected chi connectivity index (χ4v) is 2.72. The van der Waals surface area contributed by atoms with Crippen LogP contribution in [-0.2, 0) is 16.1 Å². The SMILES string of the molecule is COc1cccc(CN(C)C(=O)CN2CCC[C@H]2C(=O)O)c1.Cl. The molecule has 1 aromatic carbocycles. The van der Waals surface area contributed by atoms with Crippen LogP contribution in [0.1, 0.15) is 18.4 Å². The monoisotopic (exact) mass is 342 g/mol. The van der Waals surface area contributed by atoms with E-state index < -0.39 is 12.0 Å². The lowest BCUT2D eigenvalue weighted by Crippen LogP contribution is -2.43. The van der Waals surface area contributed by atoms with E-state index in [2.05, 4.69) is 0 Å². The van der Waals surface area contributed by atoms with Gasteiger partial charge in [-0.2, -0.15) is 0 Å². The third kappa shape index (κ3) is 5.11. The van der Waals surface area contributed by atoms with Crippen LogP contribution in [0.25, 0.3) is 0 Å². The highest BCUT2D eigenvalue weighted by atomic mass is 35.5. The third-order valence-corrected chi connectivity index (χ3v) is 3.97. The molecule has 1 aromatic rings. The molecule has 1 heterocycles. The Labute approximate surface area is 142 Å². The number of aliphatic carboxylic acids is 1. The van der Waals surface area contributed by atoms with Gasteiger partial charge in [0, 0.05) is 13.6 Å². The fraction of sp³-hybridized carbons (Fsp3) is 0.500. The molecule has 0 saturated carbocycles. The molecule has 1 atom stereocenters. The third-order valence-electron chi connectivity index (χ3n) is 3.97. The van der Waals surface area contributed by atoms with Crippen molar-refractivity contribution < 1.29 is 19.4 Å². The summed E-state index contributed by atoms with van der Waals surface area (Å²) in [5.74, 6) is -0.166. The second kappa shape index (κ2) is 8.74. The summed E-state index contributed by atoms with van der Waals surface area (Å²) in [6.45, 7) is 1.29. The van der Waals surface area contributed by atoms with Gasteiger partial charge in [-0.05, 0) is 37.1 Å². The predicted molar refractivity (Wildman–Crippen MR) is 88.9 cm³/mol. The highest BCUT2D eigenvalue weighted by Crippen LogP contribution is 2.18. The normalized spacial score (nSPS) is 17.4. The second-order valence-electron chi connectivity index (χ2n) is 5.57. The van der Waals surface area contributed by atoms with E-state index in [-0.39, 0.29) is 24.9 Å². The lowest BCUT2D eigenvalue weighted by Gasteiger charge is -2.24. The smallest absolute Gasteiger partial charge is 0.320 e. The van der Waals surface area contributed by atoms with Gasteiger partial charge in [0.05, 0.1) is 13.7 Å². The Balaban J connectivity index is 0.00000264. The van der Waals surface area contributed by atoms with Crippen LogP contribution in [0.2, 0.25) is 0 Å². The largest absolute Gasteiger partial charge is 0.497 e. The highest BCUT2D eigenvalue weighted by molar-refractivity contribution is 5.85. The number of carbonyl (C=O) groups is 2. The Kier molecular flexibility index (Phi) is 7.32. The molecule has 0 aliphatic carbocycles. The molecule has 2 rings (SSSR count). The van der Waals surface area contributed by atoms with Gasteiger partial charge < -0.3 is 14.7 Å². The first-order chi connectivity index (χ1) is 10.5. The Morgan fingerprint density at radius 3 is 2.83 bits per heavy atom. The van der Waals surface area contributed by atoms with Crippen molar-refractivity contribution in [1.29, 1.82) is 0 Å². The van der Waals surface area contributed by atoms with Crippen molar-refractivity contribution in [2.45, 2.75) is 25.4 Å². The van der Waals surface area contributed by atoms with Crippen LogP contribution in [-0.4, -0.2) is 60.1 Å². The molecule has 1 saturated heterocycles. The predicted octanol–water partition coefficient (Wildman–Crippen LogP) is 1.62. The topological polar surface area (TPSA) is 70.1 Å². The summed E-state index contributed by atoms with van der Waals surface area (Å²) >= 11 is 0. The Hall–Kier alpha value is -1.79. The Bertz CT molecular complexity index is 553.